The molecule has 1 aromatic rings. The SMILES string of the molecule is CC(C)c1ccc(N(C)C(=O)C2(S(C)(=O)=O)CCNCC2)cc1. The van der Waals surface area contributed by atoms with Crippen LogP contribution in [0.15, 0.2) is 24.3 Å². The molecule has 128 valence electrons. The number of benzene rings is 1. The van der Waals surface area contributed by atoms with Gasteiger partial charge in [-0.15, -0.1) is 0 Å². The third kappa shape index (κ3) is 3.43. The van der Waals surface area contributed by atoms with Crippen LogP contribution in [0, 0.1) is 0 Å². The molecule has 1 aromatic carbocycles. The van der Waals surface area contributed by atoms with Gasteiger partial charge >= 0.3 is 0 Å². The summed E-state index contributed by atoms with van der Waals surface area (Å²) in [6.07, 6.45) is 1.81. The Hall–Kier alpha value is -1.40. The molecule has 0 bridgehead atoms. The fraction of sp³-hybridized carbons (Fsp3) is 0.588. The maximum absolute atomic E-state index is 13.0. The maximum Gasteiger partial charge on any atom is 0.248 e. The molecule has 1 heterocycles. The van der Waals surface area contributed by atoms with Gasteiger partial charge in [-0.25, -0.2) is 8.42 Å². The van der Waals surface area contributed by atoms with Crippen molar-refractivity contribution >= 4 is 21.4 Å². The van der Waals surface area contributed by atoms with E-state index in [1.54, 1.807) is 7.05 Å². The minimum Gasteiger partial charge on any atom is -0.317 e. The van der Waals surface area contributed by atoms with Gasteiger partial charge in [-0.2, -0.15) is 0 Å². The van der Waals surface area contributed by atoms with E-state index in [0.29, 0.717) is 31.8 Å². The van der Waals surface area contributed by atoms with E-state index in [2.05, 4.69) is 19.2 Å². The standard InChI is InChI=1S/C17H26N2O3S/c1-13(2)14-5-7-15(8-6-14)19(3)16(20)17(23(4,21)22)9-11-18-12-10-17/h5-8,13,18H,9-12H2,1-4H3. The molecule has 0 unspecified atom stereocenters. The number of rotatable bonds is 4. The van der Waals surface area contributed by atoms with Crippen LogP contribution in [-0.4, -0.2) is 45.5 Å². The van der Waals surface area contributed by atoms with Crippen molar-refractivity contribution in [2.45, 2.75) is 37.4 Å². The van der Waals surface area contributed by atoms with E-state index >= 15 is 0 Å². The number of carbonyl (C=O) groups excluding carboxylic acids is 1. The lowest BCUT2D eigenvalue weighted by Crippen LogP contribution is -2.57. The molecule has 0 aliphatic carbocycles. The number of carbonyl (C=O) groups is 1. The van der Waals surface area contributed by atoms with Crippen LogP contribution in [0.1, 0.15) is 38.2 Å². The van der Waals surface area contributed by atoms with Gasteiger partial charge in [-0.05, 0) is 49.5 Å². The molecular formula is C17H26N2O3S. The molecule has 2 rings (SSSR count). The smallest absolute Gasteiger partial charge is 0.248 e. The summed E-state index contributed by atoms with van der Waals surface area (Å²) < 4.78 is 23.4. The van der Waals surface area contributed by atoms with Crippen molar-refractivity contribution < 1.29 is 13.2 Å². The van der Waals surface area contributed by atoms with Crippen molar-refractivity contribution in [1.29, 1.82) is 0 Å². The van der Waals surface area contributed by atoms with Gasteiger partial charge in [0.25, 0.3) is 0 Å². The number of sulfone groups is 1. The monoisotopic (exact) mass is 338 g/mol. The molecular weight excluding hydrogens is 312 g/mol. The van der Waals surface area contributed by atoms with Crippen molar-refractivity contribution in [3.05, 3.63) is 29.8 Å². The number of nitrogens with zero attached hydrogens (tertiary/aromatic N) is 1. The van der Waals surface area contributed by atoms with Crippen LogP contribution in [-0.2, 0) is 14.6 Å². The second kappa shape index (κ2) is 6.61. The zero-order valence-corrected chi connectivity index (χ0v) is 15.1. The second-order valence-electron chi connectivity index (χ2n) is 6.63. The van der Waals surface area contributed by atoms with Crippen LogP contribution < -0.4 is 10.2 Å². The van der Waals surface area contributed by atoms with Crippen LogP contribution in [0.2, 0.25) is 0 Å². The van der Waals surface area contributed by atoms with E-state index in [-0.39, 0.29) is 5.91 Å². The molecule has 1 fully saturated rings. The number of anilines is 1. The van der Waals surface area contributed by atoms with Gasteiger partial charge in [0.15, 0.2) is 14.6 Å². The lowest BCUT2D eigenvalue weighted by molar-refractivity contribution is -0.121. The first-order valence-corrected chi connectivity index (χ1v) is 9.86. The molecule has 1 amide bonds. The van der Waals surface area contributed by atoms with Crippen molar-refractivity contribution in [3.8, 4) is 0 Å². The van der Waals surface area contributed by atoms with E-state index in [0.717, 1.165) is 5.69 Å². The second-order valence-corrected chi connectivity index (χ2v) is 8.95. The average Bonchev–Trinajstić information content (AvgIpc) is 2.53. The number of hydrogen-bond donors (Lipinski definition) is 1. The lowest BCUT2D eigenvalue weighted by atomic mass is 9.95. The Balaban J connectivity index is 2.33. The number of nitrogens with one attached hydrogen (secondary N) is 1. The zero-order chi connectivity index (χ0) is 17.3. The van der Waals surface area contributed by atoms with Crippen molar-refractivity contribution in [1.82, 2.24) is 5.32 Å². The lowest BCUT2D eigenvalue weighted by Gasteiger charge is -2.37. The molecule has 1 aliphatic rings. The van der Waals surface area contributed by atoms with Gasteiger partial charge < -0.3 is 10.2 Å². The summed E-state index contributed by atoms with van der Waals surface area (Å²) in [5.41, 5.74) is 1.91. The maximum atomic E-state index is 13.0. The van der Waals surface area contributed by atoms with E-state index in [9.17, 15) is 13.2 Å². The Morgan fingerprint density at radius 2 is 1.70 bits per heavy atom. The molecule has 1 aliphatic heterocycles. The summed E-state index contributed by atoms with van der Waals surface area (Å²) in [5, 5.41) is 3.13. The molecule has 6 heteroatoms. The molecule has 0 atom stereocenters. The number of piperidine rings is 1. The van der Waals surface area contributed by atoms with Crippen LogP contribution in [0.25, 0.3) is 0 Å². The van der Waals surface area contributed by atoms with Crippen LogP contribution in [0.3, 0.4) is 0 Å². The molecule has 1 N–H and O–H groups in total. The summed E-state index contributed by atoms with van der Waals surface area (Å²) in [5.74, 6) is 0.0793. The summed E-state index contributed by atoms with van der Waals surface area (Å²) in [4.78, 5) is 14.5. The van der Waals surface area contributed by atoms with Crippen molar-refractivity contribution in [2.75, 3.05) is 31.3 Å². The first kappa shape index (κ1) is 17.9. The predicted octanol–water partition coefficient (Wildman–Crippen LogP) is 1.94. The third-order valence-electron chi connectivity index (χ3n) is 4.76. The predicted molar refractivity (Wildman–Crippen MR) is 93.6 cm³/mol. The molecule has 0 saturated carbocycles. The Morgan fingerprint density at radius 1 is 1.17 bits per heavy atom. The quantitative estimate of drug-likeness (QED) is 0.911. The highest BCUT2D eigenvalue weighted by molar-refractivity contribution is 7.92. The van der Waals surface area contributed by atoms with Crippen LogP contribution in [0.4, 0.5) is 5.69 Å². The molecule has 0 spiro atoms. The topological polar surface area (TPSA) is 66.5 Å². The Bertz CT molecular complexity index is 660. The highest BCUT2D eigenvalue weighted by Gasteiger charge is 2.50. The van der Waals surface area contributed by atoms with Gasteiger partial charge in [0.2, 0.25) is 5.91 Å². The molecule has 23 heavy (non-hydrogen) atoms. The van der Waals surface area contributed by atoms with Gasteiger partial charge in [0.1, 0.15) is 0 Å². The number of amides is 1. The van der Waals surface area contributed by atoms with Crippen LogP contribution >= 0.6 is 0 Å². The van der Waals surface area contributed by atoms with E-state index in [1.165, 1.54) is 16.7 Å². The number of hydrogen-bond acceptors (Lipinski definition) is 4. The Kier molecular flexibility index (Phi) is 5.16. The minimum absolute atomic E-state index is 0.319. The largest absolute Gasteiger partial charge is 0.317 e. The zero-order valence-electron chi connectivity index (χ0n) is 14.3. The highest BCUT2D eigenvalue weighted by atomic mass is 32.2. The Morgan fingerprint density at radius 3 is 2.13 bits per heavy atom. The fourth-order valence-corrected chi connectivity index (χ4v) is 4.48. The van der Waals surface area contributed by atoms with Crippen molar-refractivity contribution in [3.63, 3.8) is 0 Å². The third-order valence-corrected chi connectivity index (χ3v) is 6.76. The highest BCUT2D eigenvalue weighted by Crippen LogP contribution is 2.31. The first-order valence-electron chi connectivity index (χ1n) is 7.97. The minimum atomic E-state index is -3.49. The van der Waals surface area contributed by atoms with E-state index in [1.807, 2.05) is 24.3 Å². The summed E-state index contributed by atoms with van der Waals surface area (Å²) in [6, 6.07) is 7.73. The Labute approximate surface area is 139 Å². The molecule has 0 aromatic heterocycles. The van der Waals surface area contributed by atoms with Crippen molar-refractivity contribution in [2.24, 2.45) is 0 Å². The normalized spacial score (nSPS) is 18.0. The van der Waals surface area contributed by atoms with Gasteiger partial charge in [0, 0.05) is 19.0 Å². The molecule has 5 nitrogen and oxygen atoms in total. The average molecular weight is 338 g/mol. The summed E-state index contributed by atoms with van der Waals surface area (Å²) in [7, 11) is -1.84. The molecule has 0 radical (unpaired) electrons. The van der Waals surface area contributed by atoms with Gasteiger partial charge in [0.05, 0.1) is 0 Å². The van der Waals surface area contributed by atoms with Gasteiger partial charge in [-0.1, -0.05) is 26.0 Å². The fourth-order valence-electron chi connectivity index (χ4n) is 3.08. The first-order chi connectivity index (χ1) is 10.7. The molecule has 1 saturated heterocycles. The summed E-state index contributed by atoms with van der Waals surface area (Å²) in [6.45, 7) is 5.30. The van der Waals surface area contributed by atoms with Crippen LogP contribution in [0.5, 0.6) is 0 Å². The van der Waals surface area contributed by atoms with E-state index < -0.39 is 14.6 Å². The van der Waals surface area contributed by atoms with E-state index in [4.69, 9.17) is 0 Å². The van der Waals surface area contributed by atoms with Gasteiger partial charge in [-0.3, -0.25) is 4.79 Å². The summed E-state index contributed by atoms with van der Waals surface area (Å²) >= 11 is 0.